The Morgan fingerprint density at radius 2 is 1.76 bits per heavy atom. The third-order valence-corrected chi connectivity index (χ3v) is 3.78. The van der Waals surface area contributed by atoms with E-state index in [0.717, 1.165) is 5.56 Å². The molecule has 0 aliphatic carbocycles. The van der Waals surface area contributed by atoms with Crippen molar-refractivity contribution in [3.8, 4) is 17.2 Å². The lowest BCUT2D eigenvalue weighted by molar-refractivity contribution is -0.111. The molecule has 6 heteroatoms. The monoisotopic (exact) mass is 361 g/mol. The number of hydrogen-bond donors (Lipinski definition) is 1. The molecule has 0 saturated carbocycles. The number of methoxy groups -OCH3 is 3. The summed E-state index contributed by atoms with van der Waals surface area (Å²) in [6.45, 7) is 1.94. The van der Waals surface area contributed by atoms with Gasteiger partial charge in [-0.3, -0.25) is 4.79 Å². The molecular formula is C19H20ClNO4. The van der Waals surface area contributed by atoms with Crippen LogP contribution in [0.1, 0.15) is 11.1 Å². The van der Waals surface area contributed by atoms with E-state index in [-0.39, 0.29) is 5.91 Å². The van der Waals surface area contributed by atoms with E-state index in [4.69, 9.17) is 25.8 Å². The van der Waals surface area contributed by atoms with E-state index in [0.29, 0.717) is 33.5 Å². The summed E-state index contributed by atoms with van der Waals surface area (Å²) in [5.41, 5.74) is 2.35. The van der Waals surface area contributed by atoms with Crippen LogP contribution in [0.5, 0.6) is 17.2 Å². The zero-order valence-electron chi connectivity index (χ0n) is 14.6. The number of nitrogens with one attached hydrogen (secondary N) is 1. The van der Waals surface area contributed by atoms with Crippen LogP contribution >= 0.6 is 11.6 Å². The third kappa shape index (κ3) is 4.67. The molecule has 2 rings (SSSR count). The van der Waals surface area contributed by atoms with Gasteiger partial charge in [-0.25, -0.2) is 0 Å². The van der Waals surface area contributed by atoms with Gasteiger partial charge < -0.3 is 19.5 Å². The van der Waals surface area contributed by atoms with Crippen LogP contribution in [-0.2, 0) is 4.79 Å². The molecule has 0 unspecified atom stereocenters. The number of amides is 1. The largest absolute Gasteiger partial charge is 0.495 e. The highest BCUT2D eigenvalue weighted by Gasteiger charge is 2.10. The van der Waals surface area contributed by atoms with Gasteiger partial charge >= 0.3 is 0 Å². The van der Waals surface area contributed by atoms with Crippen molar-refractivity contribution in [3.05, 3.63) is 52.6 Å². The zero-order valence-corrected chi connectivity index (χ0v) is 15.3. The molecule has 0 bridgehead atoms. The van der Waals surface area contributed by atoms with Crippen LogP contribution in [0.3, 0.4) is 0 Å². The lowest BCUT2D eigenvalue weighted by atomic mass is 10.1. The Morgan fingerprint density at radius 3 is 2.40 bits per heavy atom. The molecule has 0 radical (unpaired) electrons. The molecule has 1 N–H and O–H groups in total. The number of carbonyl (C=O) groups is 1. The minimum atomic E-state index is -0.283. The number of rotatable bonds is 6. The molecule has 0 saturated heterocycles. The number of halogens is 1. The van der Waals surface area contributed by atoms with Crippen molar-refractivity contribution in [3.63, 3.8) is 0 Å². The van der Waals surface area contributed by atoms with Crippen LogP contribution in [0.2, 0.25) is 5.02 Å². The van der Waals surface area contributed by atoms with E-state index in [1.807, 2.05) is 25.1 Å². The highest BCUT2D eigenvalue weighted by molar-refractivity contribution is 6.32. The minimum Gasteiger partial charge on any atom is -0.495 e. The van der Waals surface area contributed by atoms with E-state index in [2.05, 4.69) is 5.32 Å². The molecule has 1 amide bonds. The second-order valence-electron chi connectivity index (χ2n) is 5.26. The molecular weight excluding hydrogens is 342 g/mol. The molecule has 2 aromatic rings. The minimum absolute atomic E-state index is 0.283. The molecule has 25 heavy (non-hydrogen) atoms. The third-order valence-electron chi connectivity index (χ3n) is 3.50. The van der Waals surface area contributed by atoms with Crippen LogP contribution in [-0.4, -0.2) is 27.2 Å². The van der Waals surface area contributed by atoms with E-state index in [1.165, 1.54) is 20.3 Å². The number of anilines is 1. The molecule has 0 aliphatic heterocycles. The maximum Gasteiger partial charge on any atom is 0.248 e. The van der Waals surface area contributed by atoms with E-state index in [1.54, 1.807) is 25.3 Å². The molecule has 0 heterocycles. The van der Waals surface area contributed by atoms with E-state index < -0.39 is 0 Å². The molecule has 132 valence electrons. The molecule has 0 atom stereocenters. The van der Waals surface area contributed by atoms with Gasteiger partial charge in [0.1, 0.15) is 5.75 Å². The summed E-state index contributed by atoms with van der Waals surface area (Å²) >= 11 is 6.16. The predicted octanol–water partition coefficient (Wildman–Crippen LogP) is 4.33. The molecule has 5 nitrogen and oxygen atoms in total. The van der Waals surface area contributed by atoms with Gasteiger partial charge in [-0.2, -0.15) is 0 Å². The van der Waals surface area contributed by atoms with Crippen molar-refractivity contribution < 1.29 is 19.0 Å². The molecule has 0 spiro atoms. The fourth-order valence-electron chi connectivity index (χ4n) is 2.30. The number of aryl methyl sites for hydroxylation is 1. The summed E-state index contributed by atoms with van der Waals surface area (Å²) in [6, 6.07) is 9.00. The Labute approximate surface area is 152 Å². The predicted molar refractivity (Wildman–Crippen MR) is 100.0 cm³/mol. The standard InChI is InChI=1S/C19H20ClNO4/c1-12-5-7-16(23-2)15(9-12)21-18(22)8-6-13-10-14(20)19(25-4)17(11-13)24-3/h5-11H,1-4H3,(H,21,22)/b8-6+. The first-order chi connectivity index (χ1) is 12.0. The van der Waals surface area contributed by atoms with Gasteiger partial charge in [0, 0.05) is 6.08 Å². The van der Waals surface area contributed by atoms with Crippen molar-refractivity contribution >= 4 is 29.3 Å². The lowest BCUT2D eigenvalue weighted by Crippen LogP contribution is -2.09. The Morgan fingerprint density at radius 1 is 1.04 bits per heavy atom. The van der Waals surface area contributed by atoms with Gasteiger partial charge in [-0.1, -0.05) is 17.7 Å². The number of benzene rings is 2. The van der Waals surface area contributed by atoms with Crippen LogP contribution in [0.25, 0.3) is 6.08 Å². The zero-order chi connectivity index (χ0) is 18.4. The Balaban J connectivity index is 2.18. The van der Waals surface area contributed by atoms with Gasteiger partial charge in [0.15, 0.2) is 11.5 Å². The summed E-state index contributed by atoms with van der Waals surface area (Å²) in [7, 11) is 4.60. The average molecular weight is 362 g/mol. The van der Waals surface area contributed by atoms with E-state index >= 15 is 0 Å². The van der Waals surface area contributed by atoms with Gasteiger partial charge in [-0.15, -0.1) is 0 Å². The van der Waals surface area contributed by atoms with Gasteiger partial charge in [0.05, 0.1) is 32.0 Å². The highest BCUT2D eigenvalue weighted by atomic mass is 35.5. The van der Waals surface area contributed by atoms with Crippen LogP contribution < -0.4 is 19.5 Å². The molecule has 2 aromatic carbocycles. The normalized spacial score (nSPS) is 10.6. The number of carbonyl (C=O) groups excluding carboxylic acids is 1. The maximum absolute atomic E-state index is 12.2. The molecule has 0 fully saturated rings. The summed E-state index contributed by atoms with van der Waals surface area (Å²) < 4.78 is 15.7. The Bertz CT molecular complexity index is 802. The van der Waals surface area contributed by atoms with Crippen LogP contribution in [0.15, 0.2) is 36.4 Å². The highest BCUT2D eigenvalue weighted by Crippen LogP contribution is 2.36. The van der Waals surface area contributed by atoms with Gasteiger partial charge in [-0.05, 0) is 48.4 Å². The quantitative estimate of drug-likeness (QED) is 0.778. The topological polar surface area (TPSA) is 56.8 Å². The van der Waals surface area contributed by atoms with Crippen LogP contribution in [0.4, 0.5) is 5.69 Å². The summed E-state index contributed by atoms with van der Waals surface area (Å²) in [4.78, 5) is 12.2. The van der Waals surface area contributed by atoms with Crippen molar-refractivity contribution in [2.45, 2.75) is 6.92 Å². The summed E-state index contributed by atoms with van der Waals surface area (Å²) in [5.74, 6) is 1.27. The number of hydrogen-bond acceptors (Lipinski definition) is 4. The average Bonchev–Trinajstić information content (AvgIpc) is 2.59. The summed E-state index contributed by atoms with van der Waals surface area (Å²) in [5, 5.41) is 3.20. The molecule has 0 aliphatic rings. The summed E-state index contributed by atoms with van der Waals surface area (Å²) in [6.07, 6.45) is 3.06. The van der Waals surface area contributed by atoms with Crippen molar-refractivity contribution in [1.82, 2.24) is 0 Å². The SMILES string of the molecule is COc1ccc(C)cc1NC(=O)/C=C/c1cc(Cl)c(OC)c(OC)c1. The Kier molecular flexibility index (Phi) is 6.31. The first kappa shape index (κ1) is 18.7. The van der Waals surface area contributed by atoms with E-state index in [9.17, 15) is 4.79 Å². The fraction of sp³-hybridized carbons (Fsp3) is 0.211. The van der Waals surface area contributed by atoms with Gasteiger partial charge in [0.2, 0.25) is 5.91 Å². The van der Waals surface area contributed by atoms with Crippen molar-refractivity contribution in [1.29, 1.82) is 0 Å². The second-order valence-corrected chi connectivity index (χ2v) is 5.67. The first-order valence-electron chi connectivity index (χ1n) is 7.53. The number of ether oxygens (including phenoxy) is 3. The Hall–Kier alpha value is -2.66. The maximum atomic E-state index is 12.2. The van der Waals surface area contributed by atoms with Crippen molar-refractivity contribution in [2.24, 2.45) is 0 Å². The fourth-order valence-corrected chi connectivity index (χ4v) is 2.60. The second kappa shape index (κ2) is 8.44. The van der Waals surface area contributed by atoms with Crippen molar-refractivity contribution in [2.75, 3.05) is 26.6 Å². The first-order valence-corrected chi connectivity index (χ1v) is 7.91. The lowest BCUT2D eigenvalue weighted by Gasteiger charge is -2.10. The van der Waals surface area contributed by atoms with Gasteiger partial charge in [0.25, 0.3) is 0 Å². The smallest absolute Gasteiger partial charge is 0.248 e. The molecule has 0 aromatic heterocycles. The van der Waals surface area contributed by atoms with Crippen LogP contribution in [0, 0.1) is 6.92 Å².